The summed E-state index contributed by atoms with van der Waals surface area (Å²) in [5.74, 6) is -0.356. The number of carbonyl (C=O) groups is 3. The number of oxazole rings is 1. The highest BCUT2D eigenvalue weighted by molar-refractivity contribution is 5.82. The highest BCUT2D eigenvalue weighted by atomic mass is 16.6. The Balaban J connectivity index is 1.31. The predicted molar refractivity (Wildman–Crippen MR) is 178 cm³/mol. The minimum Gasteiger partial charge on any atom is -0.462 e. The van der Waals surface area contributed by atoms with E-state index < -0.39 is 24.3 Å². The molecule has 0 aliphatic carbocycles. The molecule has 0 radical (unpaired) electrons. The van der Waals surface area contributed by atoms with Crippen LogP contribution < -0.4 is 5.32 Å². The molecule has 7 atom stereocenters. The van der Waals surface area contributed by atoms with Crippen LogP contribution in [0.2, 0.25) is 0 Å². The van der Waals surface area contributed by atoms with E-state index >= 15 is 0 Å². The van der Waals surface area contributed by atoms with E-state index in [0.29, 0.717) is 44.4 Å². The molecule has 4 heterocycles. The number of nitrogens with zero attached hydrogens (tertiary/aromatic N) is 1. The van der Waals surface area contributed by atoms with Crippen molar-refractivity contribution in [3.63, 3.8) is 0 Å². The number of allylic oxidation sites excluding steroid dienone is 1. The summed E-state index contributed by atoms with van der Waals surface area (Å²) < 4.78 is 40.6. The molecule has 49 heavy (non-hydrogen) atoms. The van der Waals surface area contributed by atoms with E-state index in [9.17, 15) is 19.5 Å². The van der Waals surface area contributed by atoms with Gasteiger partial charge in [-0.15, -0.1) is 0 Å². The lowest BCUT2D eigenvalue weighted by Crippen LogP contribution is -2.42. The molecule has 4 rings (SSSR count). The van der Waals surface area contributed by atoms with Crippen LogP contribution in [0.4, 0.5) is 4.79 Å². The number of rotatable bonds is 14. The lowest BCUT2D eigenvalue weighted by molar-refractivity contribution is -0.171. The maximum atomic E-state index is 13.2. The van der Waals surface area contributed by atoms with E-state index in [1.165, 1.54) is 13.2 Å². The number of hydrogen-bond donors (Lipinski definition) is 2. The molecule has 13 heteroatoms. The normalized spacial score (nSPS) is 28.1. The van der Waals surface area contributed by atoms with Crippen molar-refractivity contribution < 1.29 is 52.3 Å². The number of cyclic esters (lactones) is 1. The molecule has 274 valence electrons. The Labute approximate surface area is 289 Å². The second-order valence-corrected chi connectivity index (χ2v) is 13.1. The van der Waals surface area contributed by atoms with Crippen molar-refractivity contribution in [3.05, 3.63) is 36.1 Å². The molecule has 1 aromatic heterocycles. The minimum absolute atomic E-state index is 0.0428. The molecule has 3 saturated heterocycles. The number of hydrogen-bond acceptors (Lipinski definition) is 12. The van der Waals surface area contributed by atoms with Gasteiger partial charge in [0.05, 0.1) is 49.7 Å². The molecule has 0 unspecified atom stereocenters. The van der Waals surface area contributed by atoms with Crippen LogP contribution in [0.1, 0.15) is 101 Å². The summed E-state index contributed by atoms with van der Waals surface area (Å²) in [6.45, 7) is 0.437. The van der Waals surface area contributed by atoms with Crippen molar-refractivity contribution in [1.29, 1.82) is 0 Å². The lowest BCUT2D eigenvalue weighted by atomic mass is 9.91. The SMILES string of the molecule is COC(=O)NC/C=C\c1nc(CC/C=C\C(=O)O[C@@H]2C[C@H]3C[C@H](OC)C[C@@H]4CCC[C@@H](C[C@H](CCCCCO)OC(=O)C[C@@H](C2)O3)O4)co1. The van der Waals surface area contributed by atoms with Crippen LogP contribution in [-0.2, 0) is 44.4 Å². The minimum atomic E-state index is -0.520. The Morgan fingerprint density at radius 3 is 2.53 bits per heavy atom. The summed E-state index contributed by atoms with van der Waals surface area (Å²) in [5, 5.41) is 11.7. The quantitative estimate of drug-likeness (QED) is 0.117. The van der Waals surface area contributed by atoms with Gasteiger partial charge in [-0.05, 0) is 70.3 Å². The molecular formula is C36H54N2O11. The number of amides is 1. The number of esters is 2. The topological polar surface area (TPSA) is 165 Å². The third-order valence-electron chi connectivity index (χ3n) is 9.14. The smallest absolute Gasteiger partial charge is 0.407 e. The van der Waals surface area contributed by atoms with E-state index in [0.717, 1.165) is 57.1 Å². The number of aliphatic hydroxyl groups is 1. The number of alkyl carbamates (subject to hydrolysis) is 1. The largest absolute Gasteiger partial charge is 0.462 e. The molecule has 0 aromatic carbocycles. The number of aryl methyl sites for hydroxylation is 1. The average Bonchev–Trinajstić information content (AvgIpc) is 3.53. The van der Waals surface area contributed by atoms with Crippen molar-refractivity contribution in [2.45, 2.75) is 139 Å². The number of fused-ring (bicyclic) bond motifs is 4. The molecule has 4 bridgehead atoms. The second-order valence-electron chi connectivity index (χ2n) is 13.1. The molecule has 3 aliphatic heterocycles. The average molecular weight is 691 g/mol. The van der Waals surface area contributed by atoms with Gasteiger partial charge in [0.1, 0.15) is 18.5 Å². The van der Waals surface area contributed by atoms with Crippen molar-refractivity contribution >= 4 is 24.1 Å². The first kappa shape index (κ1) is 38.5. The molecule has 0 spiro atoms. The van der Waals surface area contributed by atoms with Crippen molar-refractivity contribution in [2.75, 3.05) is 27.4 Å². The highest BCUT2D eigenvalue weighted by Crippen LogP contribution is 2.32. The Bertz CT molecular complexity index is 1220. The van der Waals surface area contributed by atoms with E-state index in [1.807, 2.05) is 0 Å². The predicted octanol–water partition coefficient (Wildman–Crippen LogP) is 4.98. The van der Waals surface area contributed by atoms with Gasteiger partial charge in [-0.2, -0.15) is 0 Å². The Morgan fingerprint density at radius 1 is 0.980 bits per heavy atom. The van der Waals surface area contributed by atoms with Crippen LogP contribution in [-0.4, -0.2) is 98.2 Å². The first-order chi connectivity index (χ1) is 23.8. The molecule has 3 fully saturated rings. The number of nitrogens with one attached hydrogen (secondary N) is 1. The third kappa shape index (κ3) is 14.2. The number of carbonyl (C=O) groups excluding carboxylic acids is 3. The van der Waals surface area contributed by atoms with Gasteiger partial charge in [0.15, 0.2) is 0 Å². The molecule has 3 aliphatic rings. The summed E-state index contributed by atoms with van der Waals surface area (Å²) in [4.78, 5) is 41.5. The Morgan fingerprint density at radius 2 is 1.73 bits per heavy atom. The standard InChI is InChI=1S/C36H54N2O11/c1-43-29-19-27-13-8-12-26(46-27)18-28(11-4-3-7-17-39)48-35(41)23-32-22-31(21-30(20-29)47-32)49-34(40)15-6-5-10-25-24-45-33(38-25)14-9-16-37-36(42)44-2/h6,9,14-15,24,26-32,39H,3-5,7-8,10-13,16-23H2,1-2H3,(H,37,42)/b14-9-,15-6-/t26-,27-,28-,29+,30+,31+,32+/m0/s1. The molecule has 1 aromatic rings. The van der Waals surface area contributed by atoms with Gasteiger partial charge in [-0.3, -0.25) is 4.79 Å². The number of aromatic nitrogens is 1. The molecule has 13 nitrogen and oxygen atoms in total. The van der Waals surface area contributed by atoms with Gasteiger partial charge in [-0.25, -0.2) is 14.6 Å². The summed E-state index contributed by atoms with van der Waals surface area (Å²) in [6, 6.07) is 0. The zero-order chi connectivity index (χ0) is 34.8. The van der Waals surface area contributed by atoms with Crippen molar-refractivity contribution in [2.24, 2.45) is 0 Å². The number of aliphatic hydroxyl groups excluding tert-OH is 1. The van der Waals surface area contributed by atoms with Gasteiger partial charge in [-0.1, -0.05) is 18.6 Å². The van der Waals surface area contributed by atoms with Crippen LogP contribution in [0.5, 0.6) is 0 Å². The van der Waals surface area contributed by atoms with Crippen LogP contribution in [0, 0.1) is 0 Å². The van der Waals surface area contributed by atoms with Gasteiger partial charge in [0.2, 0.25) is 5.89 Å². The van der Waals surface area contributed by atoms with E-state index in [1.54, 1.807) is 31.6 Å². The first-order valence-electron chi connectivity index (χ1n) is 17.8. The van der Waals surface area contributed by atoms with E-state index in [4.69, 9.17) is 28.1 Å². The lowest BCUT2D eigenvalue weighted by Gasteiger charge is -2.38. The highest BCUT2D eigenvalue weighted by Gasteiger charge is 2.37. The van der Waals surface area contributed by atoms with Crippen LogP contribution in [0.25, 0.3) is 6.08 Å². The van der Waals surface area contributed by atoms with Crippen LogP contribution in [0.15, 0.2) is 28.9 Å². The van der Waals surface area contributed by atoms with Crippen molar-refractivity contribution in [3.8, 4) is 0 Å². The second kappa shape index (κ2) is 21.1. The van der Waals surface area contributed by atoms with Gasteiger partial charge in [0.25, 0.3) is 0 Å². The van der Waals surface area contributed by atoms with E-state index in [2.05, 4.69) is 15.0 Å². The zero-order valence-electron chi connectivity index (χ0n) is 28.9. The zero-order valence-corrected chi connectivity index (χ0v) is 28.9. The fourth-order valence-corrected chi connectivity index (χ4v) is 6.75. The van der Waals surface area contributed by atoms with Crippen LogP contribution in [0.3, 0.4) is 0 Å². The summed E-state index contributed by atoms with van der Waals surface area (Å²) in [6.07, 6.45) is 16.5. The fourth-order valence-electron chi connectivity index (χ4n) is 6.75. The Kier molecular flexibility index (Phi) is 16.6. The fraction of sp³-hybridized carbons (Fsp3) is 0.722. The van der Waals surface area contributed by atoms with Crippen molar-refractivity contribution in [1.82, 2.24) is 10.3 Å². The molecule has 2 N–H and O–H groups in total. The molecule has 0 saturated carbocycles. The molecule has 1 amide bonds. The maximum absolute atomic E-state index is 13.2. The number of methoxy groups -OCH3 is 2. The van der Waals surface area contributed by atoms with E-state index in [-0.39, 0.29) is 56.1 Å². The van der Waals surface area contributed by atoms with Gasteiger partial charge < -0.3 is 43.3 Å². The number of unbranched alkanes of at least 4 members (excludes halogenated alkanes) is 2. The summed E-state index contributed by atoms with van der Waals surface area (Å²) in [5.41, 5.74) is 0.731. The maximum Gasteiger partial charge on any atom is 0.407 e. The first-order valence-corrected chi connectivity index (χ1v) is 17.8. The monoisotopic (exact) mass is 690 g/mol. The summed E-state index contributed by atoms with van der Waals surface area (Å²) >= 11 is 0. The Hall–Kier alpha value is -3.26. The third-order valence-corrected chi connectivity index (χ3v) is 9.14. The van der Waals surface area contributed by atoms with Gasteiger partial charge >= 0.3 is 18.0 Å². The van der Waals surface area contributed by atoms with Crippen LogP contribution >= 0.6 is 0 Å². The molecular weight excluding hydrogens is 636 g/mol. The van der Waals surface area contributed by atoms with Gasteiger partial charge in [0, 0.05) is 45.6 Å². The number of ether oxygens (including phenoxy) is 6. The summed E-state index contributed by atoms with van der Waals surface area (Å²) in [7, 11) is 3.00.